The van der Waals surface area contributed by atoms with E-state index in [1.54, 1.807) is 30.3 Å². The van der Waals surface area contributed by atoms with Crippen molar-refractivity contribution in [2.75, 3.05) is 30.3 Å². The maximum Gasteiger partial charge on any atom is 0.274 e. The van der Waals surface area contributed by atoms with Gasteiger partial charge in [-0.3, -0.25) is 14.5 Å². The van der Waals surface area contributed by atoms with Crippen molar-refractivity contribution in [3.63, 3.8) is 0 Å². The third kappa shape index (κ3) is 8.68. The standard InChI is InChI=1S/C21H21FN4O4.C6H13N/c1-21(2,3)17-11-18(26-30-17)25-19(27)10-13-4-6-14(7-5-13)24-20(28)16-9-8-15(29-22)12-23-16;1-2-7-5-3-4-6-7/h4-9,11-12H,10H2,1-3H3,(H,24,28)(H,25,26,27);2-6H2,1H3. The van der Waals surface area contributed by atoms with E-state index in [0.29, 0.717) is 17.3 Å². The van der Waals surface area contributed by atoms with Gasteiger partial charge in [0.2, 0.25) is 5.91 Å². The van der Waals surface area contributed by atoms with E-state index in [1.807, 2.05) is 20.8 Å². The molecule has 9 nitrogen and oxygen atoms in total. The molecule has 1 fully saturated rings. The van der Waals surface area contributed by atoms with Gasteiger partial charge in [-0.2, -0.15) is 0 Å². The Labute approximate surface area is 216 Å². The van der Waals surface area contributed by atoms with E-state index in [1.165, 1.54) is 44.6 Å². The van der Waals surface area contributed by atoms with Crippen LogP contribution in [-0.4, -0.2) is 46.5 Å². The number of halogens is 1. The first-order valence-corrected chi connectivity index (χ1v) is 12.3. The summed E-state index contributed by atoms with van der Waals surface area (Å²) in [6.07, 6.45) is 4.09. The van der Waals surface area contributed by atoms with Crippen molar-refractivity contribution in [3.8, 4) is 5.75 Å². The molecule has 0 saturated carbocycles. The van der Waals surface area contributed by atoms with Crippen LogP contribution in [0.25, 0.3) is 0 Å². The van der Waals surface area contributed by atoms with Crippen LogP contribution in [0.5, 0.6) is 5.75 Å². The van der Waals surface area contributed by atoms with E-state index in [2.05, 4.69) is 37.5 Å². The van der Waals surface area contributed by atoms with Crippen molar-refractivity contribution in [3.05, 3.63) is 65.7 Å². The molecular weight excluding hydrogens is 477 g/mol. The highest BCUT2D eigenvalue weighted by Gasteiger charge is 2.20. The molecule has 0 bridgehead atoms. The minimum atomic E-state index is -0.452. The van der Waals surface area contributed by atoms with Gasteiger partial charge in [-0.1, -0.05) is 45.0 Å². The molecular formula is C27H34FN5O4. The predicted molar refractivity (Wildman–Crippen MR) is 139 cm³/mol. The van der Waals surface area contributed by atoms with Crippen molar-refractivity contribution < 1.29 is 23.6 Å². The summed E-state index contributed by atoms with van der Waals surface area (Å²) in [5, 5.41) is 9.24. The molecule has 10 heteroatoms. The number of nitrogens with one attached hydrogen (secondary N) is 2. The number of carbonyl (C=O) groups excluding carboxylic acids is 2. The van der Waals surface area contributed by atoms with Gasteiger partial charge in [0, 0.05) is 21.7 Å². The van der Waals surface area contributed by atoms with Crippen molar-refractivity contribution in [2.45, 2.75) is 52.4 Å². The zero-order valence-electron chi connectivity index (χ0n) is 21.7. The fourth-order valence-electron chi connectivity index (χ4n) is 3.62. The highest BCUT2D eigenvalue weighted by Crippen LogP contribution is 2.24. The summed E-state index contributed by atoms with van der Waals surface area (Å²) >= 11 is 0. The molecule has 2 aromatic heterocycles. The molecule has 3 aromatic rings. The van der Waals surface area contributed by atoms with Gasteiger partial charge in [0.15, 0.2) is 11.6 Å². The summed E-state index contributed by atoms with van der Waals surface area (Å²) in [4.78, 5) is 34.2. The number of aromatic nitrogens is 2. The van der Waals surface area contributed by atoms with E-state index >= 15 is 0 Å². The van der Waals surface area contributed by atoms with E-state index in [4.69, 9.17) is 4.52 Å². The highest BCUT2D eigenvalue weighted by atomic mass is 19.3. The lowest BCUT2D eigenvalue weighted by Crippen LogP contribution is -2.17. The highest BCUT2D eigenvalue weighted by molar-refractivity contribution is 6.02. The van der Waals surface area contributed by atoms with Gasteiger partial charge in [0.25, 0.3) is 5.91 Å². The number of anilines is 2. The number of rotatable bonds is 7. The Bertz CT molecular complexity index is 1150. The zero-order chi connectivity index (χ0) is 26.8. The number of carbonyl (C=O) groups is 2. The Hall–Kier alpha value is -3.79. The molecule has 3 heterocycles. The Morgan fingerprint density at radius 3 is 2.30 bits per heavy atom. The number of nitrogens with zero attached hydrogens (tertiary/aromatic N) is 3. The molecule has 0 aliphatic carbocycles. The van der Waals surface area contributed by atoms with Crippen molar-refractivity contribution >= 4 is 23.3 Å². The Morgan fingerprint density at radius 2 is 1.78 bits per heavy atom. The van der Waals surface area contributed by atoms with Crippen molar-refractivity contribution in [1.82, 2.24) is 15.0 Å². The second-order valence-corrected chi connectivity index (χ2v) is 9.80. The van der Waals surface area contributed by atoms with Crippen LogP contribution in [-0.2, 0) is 16.6 Å². The molecule has 4 rings (SSSR count). The first-order valence-electron chi connectivity index (χ1n) is 12.3. The number of likely N-dealkylation sites (tertiary alicyclic amines) is 1. The number of hydrogen-bond donors (Lipinski definition) is 2. The largest absolute Gasteiger partial charge is 0.359 e. The van der Waals surface area contributed by atoms with Gasteiger partial charge in [0.1, 0.15) is 11.5 Å². The van der Waals surface area contributed by atoms with Crippen LogP contribution >= 0.6 is 0 Å². The number of hydrogen-bond acceptors (Lipinski definition) is 7. The van der Waals surface area contributed by atoms with Gasteiger partial charge in [-0.05, 0) is 62.3 Å². The SMILES string of the molecule is CC(C)(C)c1cc(NC(=O)Cc2ccc(NC(=O)c3ccc(OF)cn3)cc2)no1.CCN1CCCC1. The number of amides is 2. The lowest BCUT2D eigenvalue weighted by atomic mass is 9.93. The average molecular weight is 512 g/mol. The second kappa shape index (κ2) is 13.0. The minimum absolute atomic E-state index is 0.0885. The first-order chi connectivity index (χ1) is 17.7. The molecule has 0 radical (unpaired) electrons. The minimum Gasteiger partial charge on any atom is -0.359 e. The molecule has 0 unspecified atom stereocenters. The fraction of sp³-hybridized carbons (Fsp3) is 0.407. The van der Waals surface area contributed by atoms with Crippen LogP contribution in [0.2, 0.25) is 0 Å². The monoisotopic (exact) mass is 511 g/mol. The van der Waals surface area contributed by atoms with Crippen LogP contribution in [0.15, 0.2) is 53.2 Å². The molecule has 1 aliphatic heterocycles. The fourth-order valence-corrected chi connectivity index (χ4v) is 3.62. The van der Waals surface area contributed by atoms with E-state index < -0.39 is 5.91 Å². The van der Waals surface area contributed by atoms with Gasteiger partial charge >= 0.3 is 0 Å². The lowest BCUT2D eigenvalue weighted by Gasteiger charge is -2.12. The van der Waals surface area contributed by atoms with E-state index in [9.17, 15) is 14.1 Å². The first kappa shape index (κ1) is 27.8. The molecule has 1 aliphatic rings. The summed E-state index contributed by atoms with van der Waals surface area (Å²) in [5.41, 5.74) is 1.20. The van der Waals surface area contributed by atoms with Gasteiger partial charge in [-0.25, -0.2) is 4.98 Å². The molecule has 0 atom stereocenters. The van der Waals surface area contributed by atoms with Crippen LogP contribution in [0.4, 0.5) is 16.0 Å². The molecule has 1 saturated heterocycles. The van der Waals surface area contributed by atoms with E-state index in [-0.39, 0.29) is 29.2 Å². The third-order valence-electron chi connectivity index (χ3n) is 5.80. The van der Waals surface area contributed by atoms with Crippen molar-refractivity contribution in [1.29, 1.82) is 0 Å². The molecule has 2 N–H and O–H groups in total. The normalized spacial score (nSPS) is 13.4. The van der Waals surface area contributed by atoms with Gasteiger partial charge < -0.3 is 20.1 Å². The quantitative estimate of drug-likeness (QED) is 0.451. The van der Waals surface area contributed by atoms with Gasteiger partial charge in [0.05, 0.1) is 12.6 Å². The third-order valence-corrected chi connectivity index (χ3v) is 5.80. The lowest BCUT2D eigenvalue weighted by molar-refractivity contribution is -0.115. The zero-order valence-corrected chi connectivity index (χ0v) is 21.7. The van der Waals surface area contributed by atoms with Crippen LogP contribution in [0.1, 0.15) is 62.3 Å². The van der Waals surface area contributed by atoms with Crippen LogP contribution < -0.4 is 15.6 Å². The van der Waals surface area contributed by atoms with Crippen molar-refractivity contribution in [2.24, 2.45) is 0 Å². The van der Waals surface area contributed by atoms with E-state index in [0.717, 1.165) is 11.8 Å². The van der Waals surface area contributed by atoms with Crippen LogP contribution in [0.3, 0.4) is 0 Å². The predicted octanol–water partition coefficient (Wildman–Crippen LogP) is 5.17. The second-order valence-electron chi connectivity index (χ2n) is 9.80. The average Bonchev–Trinajstić information content (AvgIpc) is 3.58. The number of pyridine rings is 1. The topological polar surface area (TPSA) is 110 Å². The molecule has 0 spiro atoms. The molecule has 198 valence electrons. The maximum atomic E-state index is 12.2. The smallest absolute Gasteiger partial charge is 0.274 e. The Kier molecular flexibility index (Phi) is 9.73. The summed E-state index contributed by atoms with van der Waals surface area (Å²) in [6, 6.07) is 11.1. The molecule has 2 amide bonds. The molecule has 37 heavy (non-hydrogen) atoms. The summed E-state index contributed by atoms with van der Waals surface area (Å²) < 4.78 is 17.3. The summed E-state index contributed by atoms with van der Waals surface area (Å²) in [5.74, 6) is 0.269. The Balaban J connectivity index is 0.000000468. The summed E-state index contributed by atoms with van der Waals surface area (Å²) in [6.45, 7) is 12.1. The molecule has 1 aromatic carbocycles. The maximum absolute atomic E-state index is 12.2. The van der Waals surface area contributed by atoms with Gasteiger partial charge in [-0.15, -0.1) is 0 Å². The van der Waals surface area contributed by atoms with Crippen LogP contribution in [0, 0.1) is 0 Å². The summed E-state index contributed by atoms with van der Waals surface area (Å²) in [7, 11) is 0. The number of benzene rings is 1. The Morgan fingerprint density at radius 1 is 1.08 bits per heavy atom.